The number of amides is 1. The van der Waals surface area contributed by atoms with Crippen LogP contribution < -0.4 is 10.1 Å². The van der Waals surface area contributed by atoms with Crippen molar-refractivity contribution in [2.75, 3.05) is 44.8 Å². The van der Waals surface area contributed by atoms with Crippen LogP contribution >= 0.6 is 0 Å². The number of morpholine rings is 1. The zero-order valence-corrected chi connectivity index (χ0v) is 15.8. The summed E-state index contributed by atoms with van der Waals surface area (Å²) in [5.41, 5.74) is 1.15. The maximum absolute atomic E-state index is 14.4. The van der Waals surface area contributed by atoms with Crippen molar-refractivity contribution in [2.45, 2.75) is 6.42 Å². The van der Waals surface area contributed by atoms with Gasteiger partial charge in [0.05, 0.1) is 31.2 Å². The quantitative estimate of drug-likeness (QED) is 0.756. The van der Waals surface area contributed by atoms with Crippen LogP contribution in [0.25, 0.3) is 0 Å². The third-order valence-electron chi connectivity index (χ3n) is 4.84. The Kier molecular flexibility index (Phi) is 5.82. The lowest BCUT2D eigenvalue weighted by Gasteiger charge is -2.26. The van der Waals surface area contributed by atoms with E-state index in [1.54, 1.807) is 6.07 Å². The van der Waals surface area contributed by atoms with E-state index in [0.717, 1.165) is 39.3 Å². The molecule has 0 radical (unpaired) electrons. The van der Waals surface area contributed by atoms with E-state index in [0.29, 0.717) is 17.9 Å². The van der Waals surface area contributed by atoms with Crippen molar-refractivity contribution in [3.63, 3.8) is 0 Å². The van der Waals surface area contributed by atoms with Gasteiger partial charge in [-0.15, -0.1) is 0 Å². The summed E-state index contributed by atoms with van der Waals surface area (Å²) in [5.74, 6) is -1.34. The van der Waals surface area contributed by atoms with Crippen molar-refractivity contribution in [1.82, 2.24) is 4.90 Å². The molecule has 0 unspecified atom stereocenters. The molecule has 0 aromatic heterocycles. The number of carbonyl (C=O) groups is 1. The first kappa shape index (κ1) is 19.5. The molecule has 2 heterocycles. The van der Waals surface area contributed by atoms with E-state index in [9.17, 15) is 13.6 Å². The van der Waals surface area contributed by atoms with Crippen molar-refractivity contribution in [2.24, 2.45) is 4.99 Å². The SMILES string of the molecule is O=C1Nc2ccc(F)cc2C1=Nc1ccc(OCCCN2CCOCC2)c(F)c1. The number of benzene rings is 2. The Morgan fingerprint density at radius 2 is 1.97 bits per heavy atom. The average molecular weight is 401 g/mol. The van der Waals surface area contributed by atoms with Crippen molar-refractivity contribution in [3.8, 4) is 5.75 Å². The van der Waals surface area contributed by atoms with Crippen LogP contribution in [0, 0.1) is 11.6 Å². The molecule has 4 rings (SSSR count). The van der Waals surface area contributed by atoms with Crippen LogP contribution in [-0.2, 0) is 9.53 Å². The minimum Gasteiger partial charge on any atom is -0.490 e. The maximum atomic E-state index is 14.4. The second-order valence-electron chi connectivity index (χ2n) is 6.88. The number of hydrogen-bond acceptors (Lipinski definition) is 5. The van der Waals surface area contributed by atoms with E-state index >= 15 is 0 Å². The third kappa shape index (κ3) is 4.60. The Bertz CT molecular complexity index is 943. The summed E-state index contributed by atoms with van der Waals surface area (Å²) in [6.07, 6.45) is 0.784. The number of halogens is 2. The van der Waals surface area contributed by atoms with Crippen molar-refractivity contribution in [1.29, 1.82) is 0 Å². The molecule has 0 bridgehead atoms. The lowest BCUT2D eigenvalue weighted by molar-refractivity contribution is -0.110. The van der Waals surface area contributed by atoms with Gasteiger partial charge in [-0.25, -0.2) is 13.8 Å². The molecule has 1 saturated heterocycles. The Balaban J connectivity index is 1.39. The van der Waals surface area contributed by atoms with Gasteiger partial charge in [0.2, 0.25) is 0 Å². The van der Waals surface area contributed by atoms with Gasteiger partial charge in [-0.2, -0.15) is 0 Å². The van der Waals surface area contributed by atoms with Crippen molar-refractivity contribution in [3.05, 3.63) is 53.6 Å². The summed E-state index contributed by atoms with van der Waals surface area (Å²) in [6, 6.07) is 8.22. The molecule has 2 aromatic rings. The largest absolute Gasteiger partial charge is 0.490 e. The van der Waals surface area contributed by atoms with Crippen LogP contribution in [0.5, 0.6) is 5.75 Å². The molecule has 1 amide bonds. The van der Waals surface area contributed by atoms with Gasteiger partial charge in [0.1, 0.15) is 11.5 Å². The first-order valence-corrected chi connectivity index (χ1v) is 9.52. The van der Waals surface area contributed by atoms with Gasteiger partial charge in [0, 0.05) is 31.3 Å². The summed E-state index contributed by atoms with van der Waals surface area (Å²) in [6.45, 7) is 4.58. The maximum Gasteiger partial charge on any atom is 0.275 e. The third-order valence-corrected chi connectivity index (χ3v) is 4.84. The molecule has 2 aromatic carbocycles. The van der Waals surface area contributed by atoms with Gasteiger partial charge in [-0.05, 0) is 36.8 Å². The van der Waals surface area contributed by atoms with Gasteiger partial charge in [0.15, 0.2) is 11.6 Å². The number of aliphatic imine (C=N–C) groups is 1. The molecule has 2 aliphatic rings. The Morgan fingerprint density at radius 1 is 1.14 bits per heavy atom. The van der Waals surface area contributed by atoms with Gasteiger partial charge >= 0.3 is 0 Å². The highest BCUT2D eigenvalue weighted by molar-refractivity contribution is 6.54. The predicted molar refractivity (Wildman–Crippen MR) is 105 cm³/mol. The molecule has 0 aliphatic carbocycles. The van der Waals surface area contributed by atoms with E-state index in [1.165, 1.54) is 30.3 Å². The number of rotatable bonds is 6. The molecule has 0 spiro atoms. The second kappa shape index (κ2) is 8.67. The monoisotopic (exact) mass is 401 g/mol. The number of nitrogens with one attached hydrogen (secondary N) is 1. The highest BCUT2D eigenvalue weighted by atomic mass is 19.1. The van der Waals surface area contributed by atoms with E-state index < -0.39 is 17.5 Å². The molecule has 0 atom stereocenters. The number of nitrogens with zero attached hydrogens (tertiary/aromatic N) is 2. The highest BCUT2D eigenvalue weighted by Gasteiger charge is 2.26. The summed E-state index contributed by atoms with van der Waals surface area (Å²) >= 11 is 0. The topological polar surface area (TPSA) is 63.2 Å². The van der Waals surface area contributed by atoms with E-state index in [-0.39, 0.29) is 17.1 Å². The van der Waals surface area contributed by atoms with Crippen LogP contribution in [-0.4, -0.2) is 56.0 Å². The molecular formula is C21H21F2N3O3. The smallest absolute Gasteiger partial charge is 0.275 e. The number of ether oxygens (including phenoxy) is 2. The number of fused-ring (bicyclic) bond motifs is 1. The summed E-state index contributed by atoms with van der Waals surface area (Å²) in [4.78, 5) is 18.6. The molecule has 29 heavy (non-hydrogen) atoms. The average Bonchev–Trinajstić information content (AvgIpc) is 3.02. The molecular weight excluding hydrogens is 380 g/mol. The molecule has 1 fully saturated rings. The standard InChI is InChI=1S/C21H21F2N3O3/c22-14-2-4-18-16(12-14)20(21(27)25-18)24-15-3-5-19(17(23)13-15)29-9-1-6-26-7-10-28-11-8-26/h2-5,12-13H,1,6-11H2,(H,24,25,27). The lowest BCUT2D eigenvalue weighted by atomic mass is 10.1. The van der Waals surface area contributed by atoms with Crippen molar-refractivity contribution >= 4 is 23.0 Å². The first-order chi connectivity index (χ1) is 14.1. The minimum absolute atomic E-state index is 0.0538. The fourth-order valence-electron chi connectivity index (χ4n) is 3.34. The summed E-state index contributed by atoms with van der Waals surface area (Å²) < 4.78 is 38.7. The Hall–Kier alpha value is -2.84. The molecule has 2 aliphatic heterocycles. The van der Waals surface area contributed by atoms with Crippen LogP contribution in [0.15, 0.2) is 41.4 Å². The first-order valence-electron chi connectivity index (χ1n) is 9.52. The summed E-state index contributed by atoms with van der Waals surface area (Å²) in [7, 11) is 0. The molecule has 152 valence electrons. The fraction of sp³-hybridized carbons (Fsp3) is 0.333. The summed E-state index contributed by atoms with van der Waals surface area (Å²) in [5, 5.41) is 2.62. The zero-order valence-electron chi connectivity index (χ0n) is 15.8. The van der Waals surface area contributed by atoms with E-state index in [1.807, 2.05) is 0 Å². The van der Waals surface area contributed by atoms with E-state index in [4.69, 9.17) is 9.47 Å². The second-order valence-corrected chi connectivity index (χ2v) is 6.88. The normalized spacial score (nSPS) is 18.0. The molecule has 8 heteroatoms. The van der Waals surface area contributed by atoms with Crippen LogP contribution in [0.3, 0.4) is 0 Å². The van der Waals surface area contributed by atoms with Crippen LogP contribution in [0.2, 0.25) is 0 Å². The highest BCUT2D eigenvalue weighted by Crippen LogP contribution is 2.28. The lowest BCUT2D eigenvalue weighted by Crippen LogP contribution is -2.37. The fourth-order valence-corrected chi connectivity index (χ4v) is 3.34. The minimum atomic E-state index is -0.559. The van der Waals surface area contributed by atoms with Gasteiger partial charge in [-0.1, -0.05) is 0 Å². The molecule has 6 nitrogen and oxygen atoms in total. The number of hydrogen-bond donors (Lipinski definition) is 1. The van der Waals surface area contributed by atoms with E-state index in [2.05, 4.69) is 15.2 Å². The number of carbonyl (C=O) groups excluding carboxylic acids is 1. The van der Waals surface area contributed by atoms with Gasteiger partial charge < -0.3 is 14.8 Å². The van der Waals surface area contributed by atoms with Gasteiger partial charge in [-0.3, -0.25) is 9.69 Å². The Labute approximate surface area is 167 Å². The molecule has 1 N–H and O–H groups in total. The van der Waals surface area contributed by atoms with Crippen LogP contribution in [0.1, 0.15) is 12.0 Å². The Morgan fingerprint density at radius 3 is 2.76 bits per heavy atom. The predicted octanol–water partition coefficient (Wildman–Crippen LogP) is 3.14. The zero-order chi connectivity index (χ0) is 20.2. The van der Waals surface area contributed by atoms with Crippen molar-refractivity contribution < 1.29 is 23.0 Å². The van der Waals surface area contributed by atoms with Crippen LogP contribution in [0.4, 0.5) is 20.2 Å². The number of anilines is 1. The molecule has 0 saturated carbocycles. The van der Waals surface area contributed by atoms with Gasteiger partial charge in [0.25, 0.3) is 5.91 Å².